The van der Waals surface area contributed by atoms with Crippen LogP contribution in [0.3, 0.4) is 0 Å². The van der Waals surface area contributed by atoms with Gasteiger partial charge in [-0.1, -0.05) is 11.6 Å². The predicted molar refractivity (Wildman–Crippen MR) is 85.5 cm³/mol. The van der Waals surface area contributed by atoms with Gasteiger partial charge >= 0.3 is 0 Å². The maximum Gasteiger partial charge on any atom is 0.242 e. The molecule has 0 spiro atoms. The van der Waals surface area contributed by atoms with E-state index >= 15 is 0 Å². The quantitative estimate of drug-likeness (QED) is 0.915. The summed E-state index contributed by atoms with van der Waals surface area (Å²) in [6.45, 7) is 7.63. The van der Waals surface area contributed by atoms with Gasteiger partial charge in [0.15, 0.2) is 0 Å². The molecule has 0 fully saturated rings. The van der Waals surface area contributed by atoms with Gasteiger partial charge in [0, 0.05) is 15.9 Å². The number of benzene rings is 1. The molecule has 2 aromatic rings. The molecule has 1 aromatic carbocycles. The minimum Gasteiger partial charge on any atom is -0.358 e. The van der Waals surface area contributed by atoms with Crippen LogP contribution in [-0.4, -0.2) is 27.5 Å². The summed E-state index contributed by atoms with van der Waals surface area (Å²) in [5, 5.41) is 7.50. The number of halogens is 1. The van der Waals surface area contributed by atoms with Gasteiger partial charge in [-0.2, -0.15) is 0 Å². The molecule has 5 nitrogen and oxygen atoms in total. The van der Waals surface area contributed by atoms with Gasteiger partial charge in [0.2, 0.25) is 5.91 Å². The molecule has 2 rings (SSSR count). The van der Waals surface area contributed by atoms with Crippen LogP contribution in [0.4, 0.5) is 5.82 Å². The molecule has 21 heavy (non-hydrogen) atoms. The molecule has 0 radical (unpaired) electrons. The minimum atomic E-state index is -0.405. The summed E-state index contributed by atoms with van der Waals surface area (Å²) in [6.07, 6.45) is 1.45. The number of carbonyl (C=O) groups is 1. The normalized spacial score (nSPS) is 13.0. The summed E-state index contributed by atoms with van der Waals surface area (Å²) in [5.41, 5.74) is 0.470. The van der Waals surface area contributed by atoms with Crippen molar-refractivity contribution in [1.82, 2.24) is 15.3 Å². The lowest BCUT2D eigenvalue weighted by molar-refractivity contribution is -0.122. The Bertz CT molecular complexity index is 666. The Morgan fingerprint density at radius 2 is 2.00 bits per heavy atom. The lowest BCUT2D eigenvalue weighted by Gasteiger charge is -2.24. The molecule has 0 aliphatic carbocycles. The largest absolute Gasteiger partial charge is 0.358 e. The molecule has 0 saturated heterocycles. The first-order chi connectivity index (χ1) is 9.76. The highest BCUT2D eigenvalue weighted by atomic mass is 35.5. The molecule has 1 heterocycles. The highest BCUT2D eigenvalue weighted by Gasteiger charge is 2.20. The van der Waals surface area contributed by atoms with Crippen molar-refractivity contribution in [2.45, 2.75) is 39.3 Å². The molecule has 0 bridgehead atoms. The monoisotopic (exact) mass is 306 g/mol. The van der Waals surface area contributed by atoms with Gasteiger partial charge in [-0.05, 0) is 45.9 Å². The Labute approximate surface area is 129 Å². The van der Waals surface area contributed by atoms with Crippen molar-refractivity contribution >= 4 is 34.2 Å². The van der Waals surface area contributed by atoms with Crippen LogP contribution in [0.1, 0.15) is 27.7 Å². The van der Waals surface area contributed by atoms with E-state index in [4.69, 9.17) is 11.6 Å². The maximum absolute atomic E-state index is 12.1. The van der Waals surface area contributed by atoms with Gasteiger partial charge < -0.3 is 10.6 Å². The summed E-state index contributed by atoms with van der Waals surface area (Å²) >= 11 is 5.95. The molecular formula is C15H19ClN4O. The van der Waals surface area contributed by atoms with Crippen molar-refractivity contribution in [2.75, 3.05) is 5.32 Å². The molecule has 1 amide bonds. The number of hydrogen-bond acceptors (Lipinski definition) is 4. The molecule has 0 aliphatic rings. The zero-order chi connectivity index (χ0) is 15.6. The van der Waals surface area contributed by atoms with Gasteiger partial charge in [0.05, 0.1) is 5.52 Å². The molecule has 112 valence electrons. The van der Waals surface area contributed by atoms with E-state index in [0.29, 0.717) is 10.8 Å². The standard InChI is InChI=1S/C15H19ClN4O/c1-9(14(21)20-15(2,3)4)19-13-11-6-5-10(16)7-12(11)17-8-18-13/h5-9H,1-4H3,(H,20,21)(H,17,18,19). The summed E-state index contributed by atoms with van der Waals surface area (Å²) in [4.78, 5) is 20.5. The lowest BCUT2D eigenvalue weighted by Crippen LogP contribution is -2.47. The molecule has 1 aromatic heterocycles. The van der Waals surface area contributed by atoms with Crippen molar-refractivity contribution in [1.29, 1.82) is 0 Å². The van der Waals surface area contributed by atoms with Crippen molar-refractivity contribution in [3.63, 3.8) is 0 Å². The fourth-order valence-electron chi connectivity index (χ4n) is 1.89. The fourth-order valence-corrected chi connectivity index (χ4v) is 2.06. The Kier molecular flexibility index (Phi) is 4.32. The van der Waals surface area contributed by atoms with Crippen LogP contribution in [0.25, 0.3) is 10.9 Å². The molecule has 2 N–H and O–H groups in total. The van der Waals surface area contributed by atoms with Crippen LogP contribution >= 0.6 is 11.6 Å². The number of nitrogens with one attached hydrogen (secondary N) is 2. The fraction of sp³-hybridized carbons (Fsp3) is 0.400. The Balaban J connectivity index is 2.22. The summed E-state index contributed by atoms with van der Waals surface area (Å²) in [5.74, 6) is 0.538. The van der Waals surface area contributed by atoms with Crippen LogP contribution in [0, 0.1) is 0 Å². The number of carbonyl (C=O) groups excluding carboxylic acids is 1. The van der Waals surface area contributed by atoms with Gasteiger partial charge in [0.1, 0.15) is 18.2 Å². The van der Waals surface area contributed by atoms with Gasteiger partial charge in [0.25, 0.3) is 0 Å². The van der Waals surface area contributed by atoms with Crippen molar-refractivity contribution in [3.05, 3.63) is 29.5 Å². The Morgan fingerprint density at radius 1 is 1.29 bits per heavy atom. The minimum absolute atomic E-state index is 0.0803. The number of aromatic nitrogens is 2. The average Bonchev–Trinajstić information content (AvgIpc) is 2.36. The molecule has 0 aliphatic heterocycles. The lowest BCUT2D eigenvalue weighted by atomic mass is 10.1. The SMILES string of the molecule is CC(Nc1ncnc2cc(Cl)ccc12)C(=O)NC(C)(C)C. The second-order valence-electron chi connectivity index (χ2n) is 5.99. The highest BCUT2D eigenvalue weighted by molar-refractivity contribution is 6.31. The van der Waals surface area contributed by atoms with Crippen LogP contribution in [0.5, 0.6) is 0 Å². The van der Waals surface area contributed by atoms with E-state index < -0.39 is 6.04 Å². The summed E-state index contributed by atoms with van der Waals surface area (Å²) in [6, 6.07) is 4.98. The number of amides is 1. The van der Waals surface area contributed by atoms with Crippen LogP contribution in [0.15, 0.2) is 24.5 Å². The second-order valence-corrected chi connectivity index (χ2v) is 6.43. The van der Waals surface area contributed by atoms with E-state index in [1.807, 2.05) is 26.8 Å². The Morgan fingerprint density at radius 3 is 2.67 bits per heavy atom. The first kappa shape index (κ1) is 15.5. The van der Waals surface area contributed by atoms with E-state index in [9.17, 15) is 4.79 Å². The van der Waals surface area contributed by atoms with Gasteiger partial charge in [-0.25, -0.2) is 9.97 Å². The highest BCUT2D eigenvalue weighted by Crippen LogP contribution is 2.23. The molecule has 1 atom stereocenters. The topological polar surface area (TPSA) is 66.9 Å². The van der Waals surface area contributed by atoms with E-state index in [0.717, 1.165) is 10.9 Å². The average molecular weight is 307 g/mol. The third-order valence-electron chi connectivity index (χ3n) is 2.84. The van der Waals surface area contributed by atoms with Crippen LogP contribution in [0.2, 0.25) is 5.02 Å². The van der Waals surface area contributed by atoms with E-state index in [1.54, 1.807) is 19.1 Å². The number of rotatable bonds is 3. The first-order valence-corrected chi connectivity index (χ1v) is 7.13. The van der Waals surface area contributed by atoms with Crippen LogP contribution < -0.4 is 10.6 Å². The van der Waals surface area contributed by atoms with E-state index in [1.165, 1.54) is 6.33 Å². The smallest absolute Gasteiger partial charge is 0.242 e. The maximum atomic E-state index is 12.1. The number of anilines is 1. The summed E-state index contributed by atoms with van der Waals surface area (Å²) in [7, 11) is 0. The zero-order valence-corrected chi connectivity index (χ0v) is 13.3. The third kappa shape index (κ3) is 4.04. The van der Waals surface area contributed by atoms with Crippen molar-refractivity contribution < 1.29 is 4.79 Å². The predicted octanol–water partition coefficient (Wildman–Crippen LogP) is 3.00. The van der Waals surface area contributed by atoms with Gasteiger partial charge in [-0.3, -0.25) is 4.79 Å². The van der Waals surface area contributed by atoms with Crippen molar-refractivity contribution in [2.24, 2.45) is 0 Å². The van der Waals surface area contributed by atoms with E-state index in [2.05, 4.69) is 20.6 Å². The van der Waals surface area contributed by atoms with Crippen LogP contribution in [-0.2, 0) is 4.79 Å². The van der Waals surface area contributed by atoms with Crippen molar-refractivity contribution in [3.8, 4) is 0 Å². The Hall–Kier alpha value is -1.88. The number of hydrogen-bond donors (Lipinski definition) is 2. The molecule has 1 unspecified atom stereocenters. The second kappa shape index (κ2) is 5.85. The molecular weight excluding hydrogens is 288 g/mol. The number of nitrogens with zero attached hydrogens (tertiary/aromatic N) is 2. The molecule has 0 saturated carbocycles. The van der Waals surface area contributed by atoms with Gasteiger partial charge in [-0.15, -0.1) is 0 Å². The zero-order valence-electron chi connectivity index (χ0n) is 12.6. The molecule has 6 heteroatoms. The first-order valence-electron chi connectivity index (χ1n) is 6.75. The third-order valence-corrected chi connectivity index (χ3v) is 3.08. The van der Waals surface area contributed by atoms with E-state index in [-0.39, 0.29) is 11.4 Å². The summed E-state index contributed by atoms with van der Waals surface area (Å²) < 4.78 is 0. The number of fused-ring (bicyclic) bond motifs is 1.